The van der Waals surface area contributed by atoms with E-state index in [1.807, 2.05) is 10.8 Å². The number of aromatic nitrogens is 2. The van der Waals surface area contributed by atoms with Gasteiger partial charge in [-0.05, 0) is 54.6 Å². The second-order valence-corrected chi connectivity index (χ2v) is 7.86. The van der Waals surface area contributed by atoms with Crippen molar-refractivity contribution < 1.29 is 19.5 Å². The Balaban J connectivity index is 1.69. The van der Waals surface area contributed by atoms with Crippen molar-refractivity contribution in [3.8, 4) is 0 Å². The molecule has 1 atom stereocenters. The van der Waals surface area contributed by atoms with Crippen molar-refractivity contribution in [2.75, 3.05) is 19.7 Å². The van der Waals surface area contributed by atoms with Crippen molar-refractivity contribution in [3.63, 3.8) is 0 Å². The second-order valence-electron chi connectivity index (χ2n) is 7.86. The predicted molar refractivity (Wildman–Crippen MR) is 110 cm³/mol. The van der Waals surface area contributed by atoms with E-state index in [-0.39, 0.29) is 24.0 Å². The van der Waals surface area contributed by atoms with Crippen molar-refractivity contribution in [2.24, 2.45) is 5.92 Å². The third-order valence-electron chi connectivity index (χ3n) is 5.71. The number of benzene rings is 1. The maximum Gasteiger partial charge on any atom is 0.293 e. The van der Waals surface area contributed by atoms with Crippen LogP contribution in [0, 0.1) is 11.7 Å². The first-order valence-corrected chi connectivity index (χ1v) is 10.1. The van der Waals surface area contributed by atoms with Gasteiger partial charge in [0.15, 0.2) is 0 Å². The number of halogens is 1. The van der Waals surface area contributed by atoms with E-state index in [0.29, 0.717) is 13.1 Å². The highest BCUT2D eigenvalue weighted by Gasteiger charge is 2.21. The summed E-state index contributed by atoms with van der Waals surface area (Å²) >= 11 is 0. The standard InChI is InChI=1S/C22H25FN4O3/c23-18-5-3-15(4-6-18)11-27-13-17(12-26-7-1-2-16(10-26)14-28)19-8-20(22(29)25-30)24-9-21(19)27/h3-6,8-9,13,16,28,30H,1-2,7,10-12,14H2,(H,25,29). The quantitative estimate of drug-likeness (QED) is 0.428. The highest BCUT2D eigenvalue weighted by Crippen LogP contribution is 2.26. The molecule has 3 aromatic rings. The van der Waals surface area contributed by atoms with E-state index in [0.717, 1.165) is 48.0 Å². The summed E-state index contributed by atoms with van der Waals surface area (Å²) in [5.41, 5.74) is 4.62. The number of nitrogens with zero attached hydrogens (tertiary/aromatic N) is 3. The van der Waals surface area contributed by atoms with Crippen LogP contribution in [0.3, 0.4) is 0 Å². The molecule has 158 valence electrons. The van der Waals surface area contributed by atoms with Gasteiger partial charge in [0.25, 0.3) is 5.91 Å². The SMILES string of the molecule is O=C(NO)c1cc2c(CN3CCCC(CO)C3)cn(Cc3ccc(F)cc3)c2cn1. The number of rotatable bonds is 6. The Morgan fingerprint density at radius 1 is 1.27 bits per heavy atom. The van der Waals surface area contributed by atoms with Gasteiger partial charge < -0.3 is 9.67 Å². The van der Waals surface area contributed by atoms with Crippen molar-refractivity contribution in [1.29, 1.82) is 0 Å². The van der Waals surface area contributed by atoms with Crippen molar-refractivity contribution in [3.05, 3.63) is 65.4 Å². The molecule has 1 fully saturated rings. The number of nitrogens with one attached hydrogen (secondary N) is 1. The number of piperidine rings is 1. The smallest absolute Gasteiger partial charge is 0.293 e. The molecule has 2 aromatic heterocycles. The van der Waals surface area contributed by atoms with Gasteiger partial charge in [-0.1, -0.05) is 12.1 Å². The Hall–Kier alpha value is -2.81. The number of likely N-dealkylation sites (tertiary alicyclic amines) is 1. The van der Waals surface area contributed by atoms with Gasteiger partial charge in [-0.2, -0.15) is 0 Å². The zero-order valence-corrected chi connectivity index (χ0v) is 16.6. The van der Waals surface area contributed by atoms with Crippen LogP contribution in [0.1, 0.15) is 34.5 Å². The van der Waals surface area contributed by atoms with Crippen LogP contribution in [0.5, 0.6) is 0 Å². The number of aliphatic hydroxyl groups excluding tert-OH is 1. The van der Waals surface area contributed by atoms with Gasteiger partial charge in [-0.25, -0.2) is 14.9 Å². The molecule has 1 aliphatic rings. The minimum Gasteiger partial charge on any atom is -0.396 e. The number of fused-ring (bicyclic) bond motifs is 1. The lowest BCUT2D eigenvalue weighted by molar-refractivity contribution is 0.0701. The van der Waals surface area contributed by atoms with Crippen LogP contribution in [0.2, 0.25) is 0 Å². The van der Waals surface area contributed by atoms with Crippen LogP contribution in [0.15, 0.2) is 42.7 Å². The van der Waals surface area contributed by atoms with Gasteiger partial charge in [0, 0.05) is 37.8 Å². The molecule has 0 bridgehead atoms. The Morgan fingerprint density at radius 2 is 2.07 bits per heavy atom. The maximum absolute atomic E-state index is 13.3. The molecule has 0 saturated carbocycles. The molecule has 1 amide bonds. The third-order valence-corrected chi connectivity index (χ3v) is 5.71. The Kier molecular flexibility index (Phi) is 6.08. The van der Waals surface area contributed by atoms with Gasteiger partial charge >= 0.3 is 0 Å². The molecule has 0 spiro atoms. The van der Waals surface area contributed by atoms with Gasteiger partial charge in [0.05, 0.1) is 11.7 Å². The molecule has 3 heterocycles. The molecule has 1 aliphatic heterocycles. The first kappa shape index (κ1) is 20.5. The fourth-order valence-electron chi connectivity index (χ4n) is 4.17. The molecule has 0 aliphatic carbocycles. The summed E-state index contributed by atoms with van der Waals surface area (Å²) < 4.78 is 15.3. The molecular formula is C22H25FN4O3. The normalized spacial score (nSPS) is 17.4. The van der Waals surface area contributed by atoms with Crippen LogP contribution in [0.4, 0.5) is 4.39 Å². The minimum absolute atomic E-state index is 0.137. The summed E-state index contributed by atoms with van der Waals surface area (Å²) in [6.45, 7) is 3.21. The molecule has 1 saturated heterocycles. The molecular weight excluding hydrogens is 387 g/mol. The second kappa shape index (κ2) is 8.91. The topological polar surface area (TPSA) is 90.6 Å². The van der Waals surface area contributed by atoms with E-state index in [1.165, 1.54) is 12.1 Å². The molecule has 7 nitrogen and oxygen atoms in total. The summed E-state index contributed by atoms with van der Waals surface area (Å²) in [4.78, 5) is 18.4. The molecule has 1 unspecified atom stereocenters. The molecule has 3 N–H and O–H groups in total. The predicted octanol–water partition coefficient (Wildman–Crippen LogP) is 2.55. The Morgan fingerprint density at radius 3 is 2.80 bits per heavy atom. The fourth-order valence-corrected chi connectivity index (χ4v) is 4.17. The summed E-state index contributed by atoms with van der Waals surface area (Å²) in [6.07, 6.45) is 5.74. The van der Waals surface area contributed by atoms with Gasteiger partial charge in [-0.15, -0.1) is 0 Å². The summed E-state index contributed by atoms with van der Waals surface area (Å²) in [7, 11) is 0. The molecule has 8 heteroatoms. The van der Waals surface area contributed by atoms with Crippen LogP contribution in [-0.4, -0.2) is 50.4 Å². The highest BCUT2D eigenvalue weighted by molar-refractivity contribution is 5.96. The third kappa shape index (κ3) is 4.35. The van der Waals surface area contributed by atoms with Gasteiger partial charge in [-0.3, -0.25) is 14.9 Å². The number of carbonyl (C=O) groups excluding carboxylic acids is 1. The highest BCUT2D eigenvalue weighted by atomic mass is 19.1. The first-order chi connectivity index (χ1) is 14.6. The van der Waals surface area contributed by atoms with Crippen molar-refractivity contribution >= 4 is 16.8 Å². The maximum atomic E-state index is 13.3. The lowest BCUT2D eigenvalue weighted by atomic mass is 9.98. The summed E-state index contributed by atoms with van der Waals surface area (Å²) in [6, 6.07) is 8.06. The lowest BCUT2D eigenvalue weighted by Crippen LogP contribution is -2.36. The van der Waals surface area contributed by atoms with Crippen molar-refractivity contribution in [1.82, 2.24) is 19.9 Å². The van der Waals surface area contributed by atoms with E-state index >= 15 is 0 Å². The lowest BCUT2D eigenvalue weighted by Gasteiger charge is -2.31. The van der Waals surface area contributed by atoms with Crippen LogP contribution in [-0.2, 0) is 13.1 Å². The average molecular weight is 412 g/mol. The molecule has 4 rings (SSSR count). The number of carbonyl (C=O) groups is 1. The van der Waals surface area contributed by atoms with Gasteiger partial charge in [0.1, 0.15) is 11.5 Å². The van der Waals surface area contributed by atoms with E-state index in [9.17, 15) is 14.3 Å². The minimum atomic E-state index is -0.660. The zero-order valence-electron chi connectivity index (χ0n) is 16.6. The Bertz CT molecular complexity index is 1030. The van der Waals surface area contributed by atoms with Crippen LogP contribution in [0.25, 0.3) is 10.9 Å². The number of amides is 1. The number of hydroxylamine groups is 1. The fraction of sp³-hybridized carbons (Fsp3) is 0.364. The van der Waals surface area contributed by atoms with Crippen molar-refractivity contribution in [2.45, 2.75) is 25.9 Å². The number of hydrogen-bond acceptors (Lipinski definition) is 5. The first-order valence-electron chi connectivity index (χ1n) is 10.1. The number of pyridine rings is 1. The largest absolute Gasteiger partial charge is 0.396 e. The molecule has 1 aromatic carbocycles. The number of hydrogen-bond donors (Lipinski definition) is 3. The zero-order chi connectivity index (χ0) is 21.1. The number of aliphatic hydroxyl groups is 1. The van der Waals surface area contributed by atoms with Crippen LogP contribution >= 0.6 is 0 Å². The summed E-state index contributed by atoms with van der Waals surface area (Å²) in [5, 5.41) is 19.4. The monoisotopic (exact) mass is 412 g/mol. The van der Waals surface area contributed by atoms with Gasteiger partial charge in [0.2, 0.25) is 0 Å². The van der Waals surface area contributed by atoms with E-state index in [2.05, 4.69) is 9.88 Å². The average Bonchev–Trinajstić information content (AvgIpc) is 3.11. The van der Waals surface area contributed by atoms with Crippen LogP contribution < -0.4 is 5.48 Å². The molecule has 0 radical (unpaired) electrons. The van der Waals surface area contributed by atoms with E-state index in [1.54, 1.807) is 29.9 Å². The van der Waals surface area contributed by atoms with E-state index in [4.69, 9.17) is 5.21 Å². The summed E-state index contributed by atoms with van der Waals surface area (Å²) in [5.74, 6) is -0.655. The Labute approximate surface area is 173 Å². The molecule has 30 heavy (non-hydrogen) atoms. The van der Waals surface area contributed by atoms with E-state index < -0.39 is 5.91 Å².